The Labute approximate surface area is 92.6 Å². The number of amides is 1. The van der Waals surface area contributed by atoms with E-state index in [1.165, 1.54) is 0 Å². The van der Waals surface area contributed by atoms with Crippen LogP contribution < -0.4 is 16.1 Å². The molecule has 0 aliphatic rings. The zero-order chi connectivity index (χ0) is 11.7. The highest BCUT2D eigenvalue weighted by atomic mass is 16.1. The van der Waals surface area contributed by atoms with Gasteiger partial charge >= 0.3 is 0 Å². The quantitative estimate of drug-likeness (QED) is 0.392. The summed E-state index contributed by atoms with van der Waals surface area (Å²) in [5.41, 5.74) is 3.07. The van der Waals surface area contributed by atoms with Crippen molar-refractivity contribution in [3.8, 4) is 0 Å². The normalized spacial score (nSPS) is 12.9. The number of nitrogens with zero attached hydrogens (tertiary/aromatic N) is 1. The molecular weight excluding hydrogens is 192 g/mol. The monoisotopic (exact) mass is 216 g/mol. The van der Waals surface area contributed by atoms with E-state index in [0.717, 1.165) is 19.6 Å². The van der Waals surface area contributed by atoms with Gasteiger partial charge in [-0.3, -0.25) is 10.2 Å². The lowest BCUT2D eigenvalue weighted by molar-refractivity contribution is -0.120. The highest BCUT2D eigenvalue weighted by molar-refractivity contribution is 5.75. The predicted molar refractivity (Wildman–Crippen MR) is 62.2 cm³/mol. The van der Waals surface area contributed by atoms with Gasteiger partial charge in [0, 0.05) is 26.1 Å². The second-order valence-electron chi connectivity index (χ2n) is 3.55. The van der Waals surface area contributed by atoms with E-state index in [2.05, 4.69) is 34.9 Å². The van der Waals surface area contributed by atoms with Crippen LogP contribution in [-0.2, 0) is 4.79 Å². The maximum absolute atomic E-state index is 11.0. The van der Waals surface area contributed by atoms with E-state index in [-0.39, 0.29) is 5.91 Å². The van der Waals surface area contributed by atoms with Crippen molar-refractivity contribution in [2.24, 2.45) is 0 Å². The van der Waals surface area contributed by atoms with Crippen molar-refractivity contribution in [2.45, 2.75) is 32.7 Å². The van der Waals surface area contributed by atoms with Crippen molar-refractivity contribution < 1.29 is 4.79 Å². The summed E-state index contributed by atoms with van der Waals surface area (Å²) in [5, 5.41) is 8.03. The molecule has 0 heterocycles. The summed E-state index contributed by atoms with van der Waals surface area (Å²) < 4.78 is 0. The topological polar surface area (TPSA) is 56.4 Å². The molecule has 0 aromatic carbocycles. The van der Waals surface area contributed by atoms with E-state index < -0.39 is 0 Å². The molecule has 0 aromatic heterocycles. The van der Waals surface area contributed by atoms with Gasteiger partial charge in [0.1, 0.15) is 0 Å². The van der Waals surface area contributed by atoms with Crippen LogP contribution in [0.3, 0.4) is 0 Å². The zero-order valence-corrected chi connectivity index (χ0v) is 10.3. The summed E-state index contributed by atoms with van der Waals surface area (Å²) in [5.74, 6) is 0.101. The summed E-state index contributed by atoms with van der Waals surface area (Å²) in [6, 6.07) is 0.352. The number of hydrazine groups is 1. The first kappa shape index (κ1) is 14.3. The average molecular weight is 216 g/mol. The van der Waals surface area contributed by atoms with Crippen LogP contribution >= 0.6 is 0 Å². The molecule has 0 aromatic rings. The molecule has 5 heteroatoms. The molecule has 5 nitrogen and oxygen atoms in total. The maximum atomic E-state index is 11.0. The Balaban J connectivity index is 3.56. The molecule has 0 radical (unpaired) electrons. The first-order valence-corrected chi connectivity index (χ1v) is 5.50. The van der Waals surface area contributed by atoms with Gasteiger partial charge in [0.05, 0.1) is 6.67 Å². The molecule has 15 heavy (non-hydrogen) atoms. The molecule has 0 aliphatic carbocycles. The van der Waals surface area contributed by atoms with Crippen LogP contribution in [0, 0.1) is 0 Å². The van der Waals surface area contributed by atoms with Gasteiger partial charge < -0.3 is 10.6 Å². The summed E-state index contributed by atoms with van der Waals surface area (Å²) in [6.45, 7) is 5.92. The van der Waals surface area contributed by atoms with Gasteiger partial charge in [-0.1, -0.05) is 6.92 Å². The lowest BCUT2D eigenvalue weighted by Crippen LogP contribution is -2.44. The molecule has 0 aliphatic heterocycles. The van der Waals surface area contributed by atoms with Gasteiger partial charge in [-0.2, -0.15) is 0 Å². The third-order valence-electron chi connectivity index (χ3n) is 2.41. The molecule has 0 fully saturated rings. The Bertz CT molecular complexity index is 171. The van der Waals surface area contributed by atoms with E-state index in [4.69, 9.17) is 0 Å². The van der Waals surface area contributed by atoms with Crippen LogP contribution in [0.25, 0.3) is 0 Å². The van der Waals surface area contributed by atoms with E-state index >= 15 is 0 Å². The number of hydrogen-bond acceptors (Lipinski definition) is 4. The van der Waals surface area contributed by atoms with Gasteiger partial charge in [0.15, 0.2) is 0 Å². The van der Waals surface area contributed by atoms with Crippen molar-refractivity contribution in [1.29, 1.82) is 0 Å². The van der Waals surface area contributed by atoms with Gasteiger partial charge in [-0.05, 0) is 20.4 Å². The number of hydrogen-bond donors (Lipinski definition) is 3. The zero-order valence-electron chi connectivity index (χ0n) is 10.3. The van der Waals surface area contributed by atoms with E-state index in [1.54, 1.807) is 7.05 Å². The first-order valence-electron chi connectivity index (χ1n) is 5.50. The SMILES string of the molecule is CCN(CNC(C)CCC(=O)NC)NC. The van der Waals surface area contributed by atoms with E-state index in [1.807, 2.05) is 7.05 Å². The molecule has 0 saturated heterocycles. The molecule has 0 rings (SSSR count). The first-order chi connectivity index (χ1) is 7.13. The number of rotatable bonds is 8. The van der Waals surface area contributed by atoms with Crippen molar-refractivity contribution in [3.05, 3.63) is 0 Å². The molecule has 1 atom stereocenters. The Hall–Kier alpha value is -0.650. The second-order valence-corrected chi connectivity index (χ2v) is 3.55. The van der Waals surface area contributed by atoms with Crippen molar-refractivity contribution in [2.75, 3.05) is 27.3 Å². The highest BCUT2D eigenvalue weighted by Crippen LogP contribution is 1.95. The second kappa shape index (κ2) is 8.64. The minimum atomic E-state index is 0.101. The molecule has 0 saturated carbocycles. The minimum absolute atomic E-state index is 0.101. The standard InChI is InChI=1S/C10H24N4O/c1-5-14(12-4)8-13-9(2)6-7-10(15)11-3/h9,12-13H,5-8H2,1-4H3,(H,11,15). The van der Waals surface area contributed by atoms with Crippen LogP contribution in [0.4, 0.5) is 0 Å². The molecule has 1 unspecified atom stereocenters. The Morgan fingerprint density at radius 2 is 2.07 bits per heavy atom. The van der Waals surface area contributed by atoms with Crippen molar-refractivity contribution in [3.63, 3.8) is 0 Å². The molecule has 3 N–H and O–H groups in total. The van der Waals surface area contributed by atoms with Gasteiger partial charge in [-0.25, -0.2) is 5.01 Å². The van der Waals surface area contributed by atoms with Gasteiger partial charge in [0.25, 0.3) is 0 Å². The van der Waals surface area contributed by atoms with Gasteiger partial charge in [0.2, 0.25) is 5.91 Å². The highest BCUT2D eigenvalue weighted by Gasteiger charge is 2.06. The smallest absolute Gasteiger partial charge is 0.219 e. The van der Waals surface area contributed by atoms with E-state index in [0.29, 0.717) is 12.5 Å². The fourth-order valence-electron chi connectivity index (χ4n) is 1.19. The third kappa shape index (κ3) is 7.30. The fraction of sp³-hybridized carbons (Fsp3) is 0.900. The van der Waals surface area contributed by atoms with Crippen LogP contribution in [0.15, 0.2) is 0 Å². The lowest BCUT2D eigenvalue weighted by atomic mass is 10.2. The number of carbonyl (C=O) groups is 1. The summed E-state index contributed by atoms with van der Waals surface area (Å²) in [4.78, 5) is 11.0. The summed E-state index contributed by atoms with van der Waals surface area (Å²) in [7, 11) is 3.57. The molecule has 1 amide bonds. The minimum Gasteiger partial charge on any atom is -0.359 e. The van der Waals surface area contributed by atoms with Crippen LogP contribution in [0.5, 0.6) is 0 Å². The van der Waals surface area contributed by atoms with Crippen molar-refractivity contribution >= 4 is 5.91 Å². The summed E-state index contributed by atoms with van der Waals surface area (Å²) in [6.07, 6.45) is 1.44. The Kier molecular flexibility index (Phi) is 8.27. The lowest BCUT2D eigenvalue weighted by Gasteiger charge is -2.22. The van der Waals surface area contributed by atoms with Crippen LogP contribution in [0.1, 0.15) is 26.7 Å². The fourth-order valence-corrected chi connectivity index (χ4v) is 1.19. The summed E-state index contributed by atoms with van der Waals surface area (Å²) >= 11 is 0. The van der Waals surface area contributed by atoms with Crippen LogP contribution in [0.2, 0.25) is 0 Å². The average Bonchev–Trinajstić information content (AvgIpc) is 2.27. The van der Waals surface area contributed by atoms with Crippen LogP contribution in [-0.4, -0.2) is 44.3 Å². The van der Waals surface area contributed by atoms with E-state index in [9.17, 15) is 4.79 Å². The number of carbonyl (C=O) groups excluding carboxylic acids is 1. The molecule has 0 spiro atoms. The molecule has 0 bridgehead atoms. The number of nitrogens with one attached hydrogen (secondary N) is 3. The molecular formula is C10H24N4O. The van der Waals surface area contributed by atoms with Crippen molar-refractivity contribution in [1.82, 2.24) is 21.1 Å². The Morgan fingerprint density at radius 3 is 2.53 bits per heavy atom. The largest absolute Gasteiger partial charge is 0.359 e. The Morgan fingerprint density at radius 1 is 1.40 bits per heavy atom. The maximum Gasteiger partial charge on any atom is 0.219 e. The van der Waals surface area contributed by atoms with Gasteiger partial charge in [-0.15, -0.1) is 0 Å². The molecule has 90 valence electrons. The third-order valence-corrected chi connectivity index (χ3v) is 2.41. The predicted octanol–water partition coefficient (Wildman–Crippen LogP) is -0.0955.